The van der Waals surface area contributed by atoms with E-state index in [0.717, 1.165) is 33.9 Å². The van der Waals surface area contributed by atoms with Crippen LogP contribution in [0.5, 0.6) is 0 Å². The second-order valence-corrected chi connectivity index (χ2v) is 7.64. The van der Waals surface area contributed by atoms with Gasteiger partial charge in [0.2, 0.25) is 0 Å². The third-order valence-electron chi connectivity index (χ3n) is 4.88. The highest BCUT2D eigenvalue weighted by Crippen LogP contribution is 2.38. The maximum Gasteiger partial charge on any atom is 0.115 e. The number of benzene rings is 1. The number of hydrogen-bond acceptors (Lipinski definition) is 3. The molecule has 3 heterocycles. The summed E-state index contributed by atoms with van der Waals surface area (Å²) in [6.07, 6.45) is 3.95. The van der Waals surface area contributed by atoms with E-state index in [-0.39, 0.29) is 0 Å². The lowest BCUT2D eigenvalue weighted by molar-refractivity contribution is 0.696. The molecule has 4 rings (SSSR count). The Morgan fingerprint density at radius 3 is 1.93 bits per heavy atom. The molecule has 0 aliphatic rings. The van der Waals surface area contributed by atoms with Gasteiger partial charge < -0.3 is 0 Å². The predicted octanol–water partition coefficient (Wildman–Crippen LogP) is 4.31. The SMILES string of the molecule is Cc1ccc(Cn2nc(-c3cn(C)nc3C)c(Cl)c2-c2cn(C)nc2C)cc1. The van der Waals surface area contributed by atoms with Crippen LogP contribution in [0.25, 0.3) is 22.5 Å². The summed E-state index contributed by atoms with van der Waals surface area (Å²) in [6, 6.07) is 8.48. The summed E-state index contributed by atoms with van der Waals surface area (Å²) in [6.45, 7) is 6.68. The number of hydrogen-bond donors (Lipinski definition) is 0. The smallest absolute Gasteiger partial charge is 0.115 e. The fourth-order valence-electron chi connectivity index (χ4n) is 3.51. The molecule has 0 atom stereocenters. The van der Waals surface area contributed by atoms with E-state index < -0.39 is 0 Å². The van der Waals surface area contributed by atoms with E-state index in [1.807, 2.05) is 45.0 Å². The molecule has 0 saturated carbocycles. The fourth-order valence-corrected chi connectivity index (χ4v) is 3.85. The zero-order chi connectivity index (χ0) is 20.0. The van der Waals surface area contributed by atoms with Crippen LogP contribution in [0, 0.1) is 20.8 Å². The van der Waals surface area contributed by atoms with Crippen molar-refractivity contribution in [2.75, 3.05) is 0 Å². The Hall–Kier alpha value is -2.86. The Bertz CT molecular complexity index is 1150. The monoisotopic (exact) mass is 394 g/mol. The zero-order valence-corrected chi connectivity index (χ0v) is 17.5. The summed E-state index contributed by atoms with van der Waals surface area (Å²) in [4.78, 5) is 0. The molecular formula is C21H23ClN6. The summed E-state index contributed by atoms with van der Waals surface area (Å²) in [7, 11) is 3.82. The van der Waals surface area contributed by atoms with Crippen LogP contribution in [0.1, 0.15) is 22.5 Å². The molecule has 0 spiro atoms. The van der Waals surface area contributed by atoms with Gasteiger partial charge in [0.05, 0.1) is 28.6 Å². The van der Waals surface area contributed by atoms with E-state index in [1.165, 1.54) is 11.1 Å². The quantitative estimate of drug-likeness (QED) is 0.518. The average Bonchev–Trinajstić information content (AvgIpc) is 3.24. The van der Waals surface area contributed by atoms with Crippen LogP contribution >= 0.6 is 11.6 Å². The Kier molecular flexibility index (Phi) is 4.59. The minimum Gasteiger partial charge on any atom is -0.275 e. The Morgan fingerprint density at radius 2 is 1.39 bits per heavy atom. The van der Waals surface area contributed by atoms with E-state index in [4.69, 9.17) is 16.7 Å². The average molecular weight is 395 g/mol. The highest BCUT2D eigenvalue weighted by Gasteiger charge is 2.24. The van der Waals surface area contributed by atoms with Gasteiger partial charge in [-0.2, -0.15) is 15.3 Å². The van der Waals surface area contributed by atoms with Crippen molar-refractivity contribution in [3.05, 3.63) is 64.2 Å². The largest absolute Gasteiger partial charge is 0.275 e. The van der Waals surface area contributed by atoms with E-state index in [0.29, 0.717) is 11.6 Å². The normalized spacial score (nSPS) is 11.4. The van der Waals surface area contributed by atoms with Crippen LogP contribution in [-0.4, -0.2) is 29.3 Å². The fraction of sp³-hybridized carbons (Fsp3) is 0.286. The van der Waals surface area contributed by atoms with Gasteiger partial charge in [0.25, 0.3) is 0 Å². The van der Waals surface area contributed by atoms with Crippen molar-refractivity contribution < 1.29 is 0 Å². The molecule has 0 fully saturated rings. The topological polar surface area (TPSA) is 53.5 Å². The molecule has 1 aromatic carbocycles. The zero-order valence-electron chi connectivity index (χ0n) is 16.7. The molecule has 0 aliphatic carbocycles. The Morgan fingerprint density at radius 1 is 0.821 bits per heavy atom. The van der Waals surface area contributed by atoms with Crippen molar-refractivity contribution in [3.8, 4) is 22.5 Å². The number of aryl methyl sites for hydroxylation is 5. The molecule has 4 aromatic rings. The van der Waals surface area contributed by atoms with Crippen LogP contribution in [-0.2, 0) is 20.6 Å². The lowest BCUT2D eigenvalue weighted by Gasteiger charge is -2.08. The predicted molar refractivity (Wildman–Crippen MR) is 111 cm³/mol. The van der Waals surface area contributed by atoms with Gasteiger partial charge in [-0.1, -0.05) is 41.4 Å². The highest BCUT2D eigenvalue weighted by molar-refractivity contribution is 6.35. The first-order valence-electron chi connectivity index (χ1n) is 9.16. The number of nitrogens with zero attached hydrogens (tertiary/aromatic N) is 6. The summed E-state index contributed by atoms with van der Waals surface area (Å²) >= 11 is 6.90. The van der Waals surface area contributed by atoms with Crippen molar-refractivity contribution in [2.45, 2.75) is 27.3 Å². The second-order valence-electron chi connectivity index (χ2n) is 7.26. The van der Waals surface area contributed by atoms with E-state index in [2.05, 4.69) is 41.4 Å². The van der Waals surface area contributed by atoms with Crippen molar-refractivity contribution in [3.63, 3.8) is 0 Å². The molecule has 6 nitrogen and oxygen atoms in total. The van der Waals surface area contributed by atoms with Gasteiger partial charge in [0.15, 0.2) is 0 Å². The van der Waals surface area contributed by atoms with Gasteiger partial charge in [-0.3, -0.25) is 14.0 Å². The Balaban J connectivity index is 1.90. The molecule has 0 N–H and O–H groups in total. The molecule has 144 valence electrons. The maximum absolute atomic E-state index is 6.90. The molecule has 0 saturated heterocycles. The second kappa shape index (κ2) is 6.95. The molecular weight excluding hydrogens is 372 g/mol. The summed E-state index contributed by atoms with van der Waals surface area (Å²) in [5.74, 6) is 0. The lowest BCUT2D eigenvalue weighted by Crippen LogP contribution is -2.04. The van der Waals surface area contributed by atoms with Crippen LogP contribution in [0.2, 0.25) is 5.02 Å². The van der Waals surface area contributed by atoms with Crippen LogP contribution in [0.4, 0.5) is 0 Å². The molecule has 0 aliphatic heterocycles. The van der Waals surface area contributed by atoms with Crippen LogP contribution in [0.3, 0.4) is 0 Å². The number of rotatable bonds is 4. The highest BCUT2D eigenvalue weighted by atomic mass is 35.5. The number of aromatic nitrogens is 6. The minimum atomic E-state index is 0.624. The molecule has 0 amide bonds. The van der Waals surface area contributed by atoms with Crippen LogP contribution in [0.15, 0.2) is 36.7 Å². The van der Waals surface area contributed by atoms with Gasteiger partial charge in [-0.15, -0.1) is 0 Å². The van der Waals surface area contributed by atoms with Crippen LogP contribution < -0.4 is 0 Å². The maximum atomic E-state index is 6.90. The third kappa shape index (κ3) is 3.24. The van der Waals surface area contributed by atoms with E-state index in [9.17, 15) is 0 Å². The Labute approximate surface area is 169 Å². The van der Waals surface area contributed by atoms with Gasteiger partial charge in [0, 0.05) is 37.6 Å². The van der Waals surface area contributed by atoms with Gasteiger partial charge in [-0.25, -0.2) is 0 Å². The molecule has 0 bridgehead atoms. The van der Waals surface area contributed by atoms with Gasteiger partial charge in [0.1, 0.15) is 5.69 Å². The van der Waals surface area contributed by atoms with Crippen molar-refractivity contribution in [1.29, 1.82) is 0 Å². The van der Waals surface area contributed by atoms with Gasteiger partial charge >= 0.3 is 0 Å². The molecule has 0 unspecified atom stereocenters. The van der Waals surface area contributed by atoms with Crippen molar-refractivity contribution in [1.82, 2.24) is 29.3 Å². The lowest BCUT2D eigenvalue weighted by atomic mass is 10.1. The first-order valence-corrected chi connectivity index (χ1v) is 9.54. The standard InChI is InChI=1S/C21H23ClN6/c1-13-6-8-16(9-7-13)10-28-21(18-12-27(5)24-15(18)3)19(22)20(25-28)17-11-26(4)23-14(17)2/h6-9,11-12H,10H2,1-5H3. The molecule has 7 heteroatoms. The first kappa shape index (κ1) is 18.5. The van der Waals surface area contributed by atoms with Crippen molar-refractivity contribution >= 4 is 11.6 Å². The van der Waals surface area contributed by atoms with Crippen molar-refractivity contribution in [2.24, 2.45) is 14.1 Å². The summed E-state index contributed by atoms with van der Waals surface area (Å²) in [5.41, 5.74) is 7.78. The van der Waals surface area contributed by atoms with E-state index in [1.54, 1.807) is 9.36 Å². The van der Waals surface area contributed by atoms with E-state index >= 15 is 0 Å². The molecule has 3 aromatic heterocycles. The first-order chi connectivity index (χ1) is 13.3. The molecule has 28 heavy (non-hydrogen) atoms. The summed E-state index contributed by atoms with van der Waals surface area (Å²) in [5, 5.41) is 14.5. The third-order valence-corrected chi connectivity index (χ3v) is 5.24. The van der Waals surface area contributed by atoms with Gasteiger partial charge in [-0.05, 0) is 26.3 Å². The summed E-state index contributed by atoms with van der Waals surface area (Å²) < 4.78 is 5.56. The minimum absolute atomic E-state index is 0.624. The number of halogens is 1. The molecule has 0 radical (unpaired) electrons.